The molecule has 0 fully saturated rings. The number of allylic oxidation sites excluding steroid dienone is 1. The van der Waals surface area contributed by atoms with E-state index in [1.54, 1.807) is 0 Å². The SMILES string of the molecule is CCCC(C)C=C(C)CO. The normalized spacial score (nSPS) is 15.4. The Balaban J connectivity index is 3.62. The van der Waals surface area contributed by atoms with Crippen molar-refractivity contribution < 1.29 is 5.11 Å². The molecular formula is C9H18O. The predicted octanol–water partition coefficient (Wildman–Crippen LogP) is 2.36. The third kappa shape index (κ3) is 4.57. The fraction of sp³-hybridized carbons (Fsp3) is 0.778. The zero-order valence-electron chi connectivity index (χ0n) is 7.22. The highest BCUT2D eigenvalue weighted by molar-refractivity contribution is 4.99. The Morgan fingerprint density at radius 2 is 2.20 bits per heavy atom. The van der Waals surface area contributed by atoms with Gasteiger partial charge in [0, 0.05) is 0 Å². The maximum absolute atomic E-state index is 8.68. The lowest BCUT2D eigenvalue weighted by Gasteiger charge is -2.04. The highest BCUT2D eigenvalue weighted by Gasteiger charge is 1.95. The Morgan fingerprint density at radius 3 is 2.60 bits per heavy atom. The summed E-state index contributed by atoms with van der Waals surface area (Å²) in [4.78, 5) is 0. The van der Waals surface area contributed by atoms with Gasteiger partial charge in [0.15, 0.2) is 0 Å². The molecule has 1 nitrogen and oxygen atoms in total. The average molecular weight is 142 g/mol. The van der Waals surface area contributed by atoms with E-state index in [4.69, 9.17) is 5.11 Å². The summed E-state index contributed by atoms with van der Waals surface area (Å²) in [5.41, 5.74) is 1.08. The minimum absolute atomic E-state index is 0.202. The van der Waals surface area contributed by atoms with Crippen LogP contribution in [0.5, 0.6) is 0 Å². The molecule has 0 aliphatic carbocycles. The molecule has 0 saturated heterocycles. The average Bonchev–Trinajstić information content (AvgIpc) is 1.88. The summed E-state index contributed by atoms with van der Waals surface area (Å²) in [5.74, 6) is 0.622. The van der Waals surface area contributed by atoms with E-state index < -0.39 is 0 Å². The van der Waals surface area contributed by atoms with Crippen molar-refractivity contribution in [3.8, 4) is 0 Å². The standard InChI is InChI=1S/C9H18O/c1-4-5-8(2)6-9(3)7-10/h6,8,10H,4-5,7H2,1-3H3. The third-order valence-electron chi connectivity index (χ3n) is 1.56. The monoisotopic (exact) mass is 142 g/mol. The van der Waals surface area contributed by atoms with Gasteiger partial charge < -0.3 is 5.11 Å². The van der Waals surface area contributed by atoms with E-state index in [0.29, 0.717) is 5.92 Å². The summed E-state index contributed by atoms with van der Waals surface area (Å²) in [7, 11) is 0. The molecule has 0 heterocycles. The Bertz CT molecular complexity index is 105. The van der Waals surface area contributed by atoms with Gasteiger partial charge in [0.2, 0.25) is 0 Å². The third-order valence-corrected chi connectivity index (χ3v) is 1.56. The molecule has 60 valence electrons. The van der Waals surface area contributed by atoms with Crippen LogP contribution < -0.4 is 0 Å². The van der Waals surface area contributed by atoms with Crippen molar-refractivity contribution in [1.29, 1.82) is 0 Å². The van der Waals surface area contributed by atoms with Gasteiger partial charge in [-0.2, -0.15) is 0 Å². The molecule has 0 saturated carbocycles. The van der Waals surface area contributed by atoms with E-state index in [0.717, 1.165) is 5.57 Å². The molecule has 1 N–H and O–H groups in total. The van der Waals surface area contributed by atoms with Gasteiger partial charge in [0.25, 0.3) is 0 Å². The molecule has 1 atom stereocenters. The van der Waals surface area contributed by atoms with E-state index in [2.05, 4.69) is 19.9 Å². The van der Waals surface area contributed by atoms with Crippen molar-refractivity contribution in [2.24, 2.45) is 5.92 Å². The molecule has 10 heavy (non-hydrogen) atoms. The van der Waals surface area contributed by atoms with Crippen molar-refractivity contribution in [3.05, 3.63) is 11.6 Å². The smallest absolute Gasteiger partial charge is 0.0639 e. The van der Waals surface area contributed by atoms with Crippen LogP contribution >= 0.6 is 0 Å². The quantitative estimate of drug-likeness (QED) is 0.597. The molecule has 0 radical (unpaired) electrons. The van der Waals surface area contributed by atoms with Crippen LogP contribution in [0.1, 0.15) is 33.6 Å². The van der Waals surface area contributed by atoms with E-state index in [-0.39, 0.29) is 6.61 Å². The molecule has 0 aliphatic rings. The number of rotatable bonds is 4. The highest BCUT2D eigenvalue weighted by Crippen LogP contribution is 2.08. The van der Waals surface area contributed by atoms with Gasteiger partial charge in [-0.25, -0.2) is 0 Å². The second kappa shape index (κ2) is 5.48. The molecule has 1 unspecified atom stereocenters. The summed E-state index contributed by atoms with van der Waals surface area (Å²) in [5, 5.41) is 8.68. The number of aliphatic hydroxyl groups is 1. The molecule has 0 rings (SSSR count). The maximum Gasteiger partial charge on any atom is 0.0639 e. The molecule has 1 heteroatoms. The van der Waals surface area contributed by atoms with Crippen molar-refractivity contribution in [2.45, 2.75) is 33.6 Å². The van der Waals surface area contributed by atoms with Gasteiger partial charge >= 0.3 is 0 Å². The molecule has 0 aromatic carbocycles. The zero-order valence-corrected chi connectivity index (χ0v) is 7.22. The largest absolute Gasteiger partial charge is 0.392 e. The summed E-state index contributed by atoms with van der Waals surface area (Å²) < 4.78 is 0. The first kappa shape index (κ1) is 9.70. The number of hydrogen-bond acceptors (Lipinski definition) is 1. The first-order chi connectivity index (χ1) is 4.70. The fourth-order valence-corrected chi connectivity index (χ4v) is 1.08. The molecule has 0 aromatic heterocycles. The number of hydrogen-bond donors (Lipinski definition) is 1. The summed E-state index contributed by atoms with van der Waals surface area (Å²) >= 11 is 0. The first-order valence-corrected chi connectivity index (χ1v) is 3.98. The van der Waals surface area contributed by atoms with Crippen LogP contribution in [0, 0.1) is 5.92 Å². The van der Waals surface area contributed by atoms with Gasteiger partial charge in [-0.05, 0) is 19.3 Å². The Hall–Kier alpha value is -0.300. The van der Waals surface area contributed by atoms with Crippen molar-refractivity contribution >= 4 is 0 Å². The summed E-state index contributed by atoms with van der Waals surface area (Å²) in [6, 6.07) is 0. The van der Waals surface area contributed by atoms with Crippen LogP contribution in [-0.2, 0) is 0 Å². The Kier molecular flexibility index (Phi) is 5.32. The lowest BCUT2D eigenvalue weighted by Crippen LogP contribution is -1.92. The Morgan fingerprint density at radius 1 is 1.60 bits per heavy atom. The zero-order chi connectivity index (χ0) is 7.98. The minimum atomic E-state index is 0.202. The van der Waals surface area contributed by atoms with Crippen LogP contribution in [0.25, 0.3) is 0 Å². The van der Waals surface area contributed by atoms with Crippen LogP contribution in [-0.4, -0.2) is 11.7 Å². The number of aliphatic hydroxyl groups excluding tert-OH is 1. The molecule has 0 spiro atoms. The molecule has 0 aromatic rings. The Labute approximate surface area is 63.8 Å². The first-order valence-electron chi connectivity index (χ1n) is 3.98. The van der Waals surface area contributed by atoms with E-state index >= 15 is 0 Å². The van der Waals surface area contributed by atoms with Gasteiger partial charge in [-0.15, -0.1) is 0 Å². The molecular weight excluding hydrogens is 124 g/mol. The van der Waals surface area contributed by atoms with Gasteiger partial charge in [-0.3, -0.25) is 0 Å². The topological polar surface area (TPSA) is 20.2 Å². The van der Waals surface area contributed by atoms with Crippen molar-refractivity contribution in [1.82, 2.24) is 0 Å². The lowest BCUT2D eigenvalue weighted by molar-refractivity contribution is 0.330. The second-order valence-corrected chi connectivity index (χ2v) is 2.94. The van der Waals surface area contributed by atoms with Crippen LogP contribution in [0.4, 0.5) is 0 Å². The minimum Gasteiger partial charge on any atom is -0.392 e. The van der Waals surface area contributed by atoms with Crippen molar-refractivity contribution in [3.63, 3.8) is 0 Å². The van der Waals surface area contributed by atoms with Crippen molar-refractivity contribution in [2.75, 3.05) is 6.61 Å². The highest BCUT2D eigenvalue weighted by atomic mass is 16.3. The predicted molar refractivity (Wildman–Crippen MR) is 44.9 cm³/mol. The lowest BCUT2D eigenvalue weighted by atomic mass is 10.0. The van der Waals surface area contributed by atoms with Gasteiger partial charge in [0.05, 0.1) is 6.61 Å². The fourth-order valence-electron chi connectivity index (χ4n) is 1.08. The van der Waals surface area contributed by atoms with Crippen LogP contribution in [0.15, 0.2) is 11.6 Å². The summed E-state index contributed by atoms with van der Waals surface area (Å²) in [6.07, 6.45) is 4.58. The molecule has 0 amide bonds. The molecule has 0 bridgehead atoms. The maximum atomic E-state index is 8.68. The van der Waals surface area contributed by atoms with E-state index in [9.17, 15) is 0 Å². The summed E-state index contributed by atoms with van der Waals surface area (Å²) in [6.45, 7) is 6.53. The molecule has 0 aliphatic heterocycles. The van der Waals surface area contributed by atoms with Crippen LogP contribution in [0.3, 0.4) is 0 Å². The van der Waals surface area contributed by atoms with Gasteiger partial charge in [-0.1, -0.05) is 31.9 Å². The van der Waals surface area contributed by atoms with E-state index in [1.807, 2.05) is 6.92 Å². The van der Waals surface area contributed by atoms with Crippen LogP contribution in [0.2, 0.25) is 0 Å². The van der Waals surface area contributed by atoms with E-state index in [1.165, 1.54) is 12.8 Å². The second-order valence-electron chi connectivity index (χ2n) is 2.94. The van der Waals surface area contributed by atoms with Gasteiger partial charge in [0.1, 0.15) is 0 Å².